The molecule has 7 heteroatoms. The molecule has 1 fully saturated rings. The predicted octanol–water partition coefficient (Wildman–Crippen LogP) is 1.75. The second-order valence-corrected chi connectivity index (χ2v) is 5.92. The Bertz CT molecular complexity index is 508. The minimum Gasteiger partial charge on any atom is -0.477 e. The fourth-order valence-electron chi connectivity index (χ4n) is 2.15. The van der Waals surface area contributed by atoms with Gasteiger partial charge in [-0.1, -0.05) is 0 Å². The van der Waals surface area contributed by atoms with Gasteiger partial charge in [-0.15, -0.1) is 11.3 Å². The molecule has 1 aromatic heterocycles. The first-order valence-electron chi connectivity index (χ1n) is 6.57. The average Bonchev–Trinajstić information content (AvgIpc) is 2.82. The molecule has 2 heterocycles. The van der Waals surface area contributed by atoms with Crippen LogP contribution in [-0.2, 0) is 9.53 Å². The van der Waals surface area contributed by atoms with Crippen LogP contribution in [-0.4, -0.2) is 35.2 Å². The van der Waals surface area contributed by atoms with E-state index in [0.29, 0.717) is 23.9 Å². The molecule has 0 spiro atoms. The second-order valence-electron chi connectivity index (χ2n) is 4.89. The van der Waals surface area contributed by atoms with Crippen LogP contribution in [0.1, 0.15) is 46.2 Å². The van der Waals surface area contributed by atoms with Gasteiger partial charge < -0.3 is 15.2 Å². The normalized spacial score (nSPS) is 17.7. The predicted molar refractivity (Wildman–Crippen MR) is 73.9 cm³/mol. The van der Waals surface area contributed by atoms with Crippen molar-refractivity contribution >= 4 is 23.2 Å². The monoisotopic (exact) mass is 298 g/mol. The molecule has 2 N–H and O–H groups in total. The summed E-state index contributed by atoms with van der Waals surface area (Å²) in [5, 5.41) is 12.5. The standard InChI is InChI=1S/C13H18N2O4S/c1-7-10(13(17)18)20-12(15-7)8(2)14-11(16)9-3-5-19-6-4-9/h8-9H,3-6H2,1-2H3,(H,14,16)(H,17,18). The molecule has 2 rings (SSSR count). The molecule has 0 bridgehead atoms. The fourth-order valence-corrected chi connectivity index (χ4v) is 3.06. The molecule has 1 amide bonds. The number of aromatic nitrogens is 1. The number of hydrogen-bond donors (Lipinski definition) is 2. The van der Waals surface area contributed by atoms with Gasteiger partial charge in [0.1, 0.15) is 9.88 Å². The number of carbonyl (C=O) groups excluding carboxylic acids is 1. The summed E-state index contributed by atoms with van der Waals surface area (Å²) in [5.41, 5.74) is 0.490. The van der Waals surface area contributed by atoms with Crippen molar-refractivity contribution < 1.29 is 19.4 Å². The fraction of sp³-hybridized carbons (Fsp3) is 0.615. The lowest BCUT2D eigenvalue weighted by atomic mass is 9.99. The van der Waals surface area contributed by atoms with Crippen LogP contribution in [0.3, 0.4) is 0 Å². The molecular weight excluding hydrogens is 280 g/mol. The van der Waals surface area contributed by atoms with Crippen molar-refractivity contribution in [3.63, 3.8) is 0 Å². The van der Waals surface area contributed by atoms with E-state index in [2.05, 4.69) is 10.3 Å². The molecule has 0 aliphatic carbocycles. The molecule has 0 radical (unpaired) electrons. The zero-order chi connectivity index (χ0) is 14.7. The third-order valence-corrected chi connectivity index (χ3v) is 4.66. The molecule has 1 aliphatic rings. The quantitative estimate of drug-likeness (QED) is 0.884. The molecule has 0 saturated carbocycles. The van der Waals surface area contributed by atoms with E-state index in [4.69, 9.17) is 9.84 Å². The number of aromatic carboxylic acids is 1. The van der Waals surface area contributed by atoms with Crippen molar-refractivity contribution in [1.82, 2.24) is 10.3 Å². The Morgan fingerprint density at radius 1 is 1.45 bits per heavy atom. The third-order valence-electron chi connectivity index (χ3n) is 3.33. The molecular formula is C13H18N2O4S. The maximum absolute atomic E-state index is 12.1. The molecule has 1 aromatic rings. The van der Waals surface area contributed by atoms with E-state index in [9.17, 15) is 9.59 Å². The summed E-state index contributed by atoms with van der Waals surface area (Å²) < 4.78 is 5.23. The molecule has 20 heavy (non-hydrogen) atoms. The number of hydrogen-bond acceptors (Lipinski definition) is 5. The summed E-state index contributed by atoms with van der Waals surface area (Å²) in [6, 6.07) is -0.276. The zero-order valence-corrected chi connectivity index (χ0v) is 12.3. The number of ether oxygens (including phenoxy) is 1. The molecule has 1 atom stereocenters. The smallest absolute Gasteiger partial charge is 0.347 e. The van der Waals surface area contributed by atoms with Gasteiger partial charge in [-0.3, -0.25) is 4.79 Å². The van der Waals surface area contributed by atoms with Gasteiger partial charge in [0.05, 0.1) is 11.7 Å². The van der Waals surface area contributed by atoms with Crippen molar-refractivity contribution in [2.45, 2.75) is 32.7 Å². The Morgan fingerprint density at radius 3 is 2.65 bits per heavy atom. The number of nitrogens with one attached hydrogen (secondary N) is 1. The molecule has 1 saturated heterocycles. The average molecular weight is 298 g/mol. The van der Waals surface area contributed by atoms with E-state index in [0.717, 1.165) is 24.2 Å². The van der Waals surface area contributed by atoms with Gasteiger partial charge in [0.2, 0.25) is 5.91 Å². The highest BCUT2D eigenvalue weighted by Crippen LogP contribution is 2.24. The maximum Gasteiger partial charge on any atom is 0.347 e. The largest absolute Gasteiger partial charge is 0.477 e. The van der Waals surface area contributed by atoms with Crippen molar-refractivity contribution in [3.8, 4) is 0 Å². The van der Waals surface area contributed by atoms with Crippen LogP contribution in [0, 0.1) is 12.8 Å². The summed E-state index contributed by atoms with van der Waals surface area (Å²) in [5.74, 6) is -1.01. The Balaban J connectivity index is 2.00. The van der Waals surface area contributed by atoms with Gasteiger partial charge >= 0.3 is 5.97 Å². The van der Waals surface area contributed by atoms with Crippen LogP contribution in [0.15, 0.2) is 0 Å². The number of aryl methyl sites for hydroxylation is 1. The Morgan fingerprint density at radius 2 is 2.10 bits per heavy atom. The lowest BCUT2D eigenvalue weighted by Gasteiger charge is -2.22. The SMILES string of the molecule is Cc1nc(C(C)NC(=O)C2CCOCC2)sc1C(=O)O. The number of amides is 1. The van der Waals surface area contributed by atoms with E-state index in [1.807, 2.05) is 6.92 Å². The van der Waals surface area contributed by atoms with Crippen LogP contribution in [0.4, 0.5) is 0 Å². The van der Waals surface area contributed by atoms with Crippen LogP contribution < -0.4 is 5.32 Å². The van der Waals surface area contributed by atoms with Gasteiger partial charge in [0.15, 0.2) is 0 Å². The number of carboxylic acid groups (broad SMARTS) is 1. The first-order chi connectivity index (χ1) is 9.49. The summed E-state index contributed by atoms with van der Waals surface area (Å²) >= 11 is 1.11. The zero-order valence-electron chi connectivity index (χ0n) is 11.5. The molecule has 0 aromatic carbocycles. The van der Waals surface area contributed by atoms with Crippen LogP contribution in [0.25, 0.3) is 0 Å². The van der Waals surface area contributed by atoms with Gasteiger partial charge in [-0.2, -0.15) is 0 Å². The lowest BCUT2D eigenvalue weighted by Crippen LogP contribution is -2.35. The topological polar surface area (TPSA) is 88.5 Å². The number of carbonyl (C=O) groups is 2. The first-order valence-corrected chi connectivity index (χ1v) is 7.39. The summed E-state index contributed by atoms with van der Waals surface area (Å²) in [6.45, 7) is 4.72. The van der Waals surface area contributed by atoms with Gasteiger partial charge in [-0.25, -0.2) is 9.78 Å². The molecule has 6 nitrogen and oxygen atoms in total. The van der Waals surface area contributed by atoms with Crippen LogP contribution in [0.5, 0.6) is 0 Å². The molecule has 1 unspecified atom stereocenters. The lowest BCUT2D eigenvalue weighted by molar-refractivity contribution is -0.128. The van der Waals surface area contributed by atoms with Gasteiger partial charge in [-0.05, 0) is 26.7 Å². The Kier molecular flexibility index (Phi) is 4.72. The minimum absolute atomic E-state index is 0.00877. The van der Waals surface area contributed by atoms with E-state index >= 15 is 0 Å². The number of rotatable bonds is 4. The van der Waals surface area contributed by atoms with Crippen molar-refractivity contribution in [1.29, 1.82) is 0 Å². The number of nitrogens with zero attached hydrogens (tertiary/aromatic N) is 1. The highest BCUT2D eigenvalue weighted by Gasteiger charge is 2.25. The Labute approximate surface area is 121 Å². The number of carboxylic acids is 1. The first kappa shape index (κ1) is 14.9. The van der Waals surface area contributed by atoms with E-state index < -0.39 is 5.97 Å². The van der Waals surface area contributed by atoms with Crippen molar-refractivity contribution in [3.05, 3.63) is 15.6 Å². The Hall–Kier alpha value is -1.47. The molecule has 110 valence electrons. The van der Waals surface area contributed by atoms with E-state index in [1.165, 1.54) is 0 Å². The summed E-state index contributed by atoms with van der Waals surface area (Å²) in [6.07, 6.45) is 1.46. The van der Waals surface area contributed by atoms with Gasteiger partial charge in [0, 0.05) is 19.1 Å². The summed E-state index contributed by atoms with van der Waals surface area (Å²) in [4.78, 5) is 27.6. The van der Waals surface area contributed by atoms with E-state index in [1.54, 1.807) is 6.92 Å². The van der Waals surface area contributed by atoms with Crippen LogP contribution >= 0.6 is 11.3 Å². The minimum atomic E-state index is -0.978. The van der Waals surface area contributed by atoms with Crippen LogP contribution in [0.2, 0.25) is 0 Å². The second kappa shape index (κ2) is 6.32. The highest BCUT2D eigenvalue weighted by molar-refractivity contribution is 7.13. The van der Waals surface area contributed by atoms with Crippen molar-refractivity contribution in [2.24, 2.45) is 5.92 Å². The highest BCUT2D eigenvalue weighted by atomic mass is 32.1. The molecule has 1 aliphatic heterocycles. The third kappa shape index (κ3) is 3.34. The maximum atomic E-state index is 12.1. The summed E-state index contributed by atoms with van der Waals surface area (Å²) in [7, 11) is 0. The van der Waals surface area contributed by atoms with Gasteiger partial charge in [0.25, 0.3) is 0 Å². The van der Waals surface area contributed by atoms with Crippen molar-refractivity contribution in [2.75, 3.05) is 13.2 Å². The number of thiazole rings is 1. The van der Waals surface area contributed by atoms with E-state index in [-0.39, 0.29) is 22.7 Å².